The van der Waals surface area contributed by atoms with Crippen LogP contribution in [0.3, 0.4) is 0 Å². The maximum Gasteiger partial charge on any atom is 0.472 e. The third-order valence-electron chi connectivity index (χ3n) is 16.1. The molecule has 99 heavy (non-hydrogen) atoms. The SMILES string of the molecule is CC/C=C\C/C=C\C/C=C\C/C=C\C/C=C\C/C=C\CCCCCCCCCCCCCCC(=O)OCC(O)COP(=O)(O)OCC(O)COP(=O)(O)OCC(COC(=O)CCCCCCCC/C=C\C/C=C\C/C=C\CCCCC)OC(=O)CCCCCCC/C=C\CCCCCC. The number of hydrogen-bond donors (Lipinski definition) is 4. The molecule has 0 aliphatic heterocycles. The van der Waals surface area contributed by atoms with Gasteiger partial charge in [-0.3, -0.25) is 32.5 Å². The van der Waals surface area contributed by atoms with Gasteiger partial charge in [0, 0.05) is 19.3 Å². The number of ether oxygens (including phenoxy) is 3. The summed E-state index contributed by atoms with van der Waals surface area (Å²) in [6.07, 6.45) is 86.8. The molecular formula is C81H140O16P2. The predicted molar refractivity (Wildman–Crippen MR) is 408 cm³/mol. The Morgan fingerprint density at radius 2 is 0.535 bits per heavy atom. The van der Waals surface area contributed by atoms with Gasteiger partial charge in [0.25, 0.3) is 0 Å². The minimum Gasteiger partial charge on any atom is -0.463 e. The van der Waals surface area contributed by atoms with E-state index in [4.69, 9.17) is 32.3 Å². The van der Waals surface area contributed by atoms with Gasteiger partial charge >= 0.3 is 33.6 Å². The van der Waals surface area contributed by atoms with E-state index in [1.807, 2.05) is 0 Å². The first-order chi connectivity index (χ1) is 48.2. The molecule has 0 fully saturated rings. The first-order valence-corrected chi connectivity index (χ1v) is 41.8. The Kier molecular flexibility index (Phi) is 70.7. The first kappa shape index (κ1) is 94.9. The maximum absolute atomic E-state index is 12.9. The first-order valence-electron chi connectivity index (χ1n) is 38.8. The number of phosphoric acid groups is 2. The maximum atomic E-state index is 12.9. The largest absolute Gasteiger partial charge is 0.472 e. The van der Waals surface area contributed by atoms with Crippen LogP contribution in [-0.4, -0.2) is 95.9 Å². The van der Waals surface area contributed by atoms with Gasteiger partial charge < -0.3 is 34.2 Å². The number of aliphatic hydroxyl groups is 2. The number of allylic oxidation sites excluding steroid dienone is 20. The van der Waals surface area contributed by atoms with Crippen molar-refractivity contribution in [3.8, 4) is 0 Å². The summed E-state index contributed by atoms with van der Waals surface area (Å²) in [6, 6.07) is 0. The molecule has 0 heterocycles. The zero-order valence-electron chi connectivity index (χ0n) is 62.1. The molecule has 0 aromatic carbocycles. The number of aliphatic hydroxyl groups excluding tert-OH is 2. The van der Waals surface area contributed by atoms with Crippen LogP contribution in [0.1, 0.15) is 316 Å². The van der Waals surface area contributed by atoms with Gasteiger partial charge in [0.05, 0.1) is 26.4 Å². The van der Waals surface area contributed by atoms with E-state index in [9.17, 15) is 43.5 Å². The number of unbranched alkanes of at least 4 members (excludes halogenated alkanes) is 30. The number of carbonyl (C=O) groups excluding carboxylic acids is 3. The molecule has 5 atom stereocenters. The van der Waals surface area contributed by atoms with E-state index < -0.39 is 91.5 Å². The zero-order chi connectivity index (χ0) is 72.3. The van der Waals surface area contributed by atoms with E-state index in [0.29, 0.717) is 19.3 Å². The van der Waals surface area contributed by atoms with Crippen molar-refractivity contribution in [2.75, 3.05) is 39.6 Å². The van der Waals surface area contributed by atoms with Gasteiger partial charge in [0.2, 0.25) is 0 Å². The van der Waals surface area contributed by atoms with Crippen molar-refractivity contribution in [3.63, 3.8) is 0 Å². The van der Waals surface area contributed by atoms with E-state index in [2.05, 4.69) is 142 Å². The molecule has 4 N–H and O–H groups in total. The second-order valence-electron chi connectivity index (χ2n) is 25.8. The van der Waals surface area contributed by atoms with E-state index in [-0.39, 0.29) is 19.3 Å². The standard InChI is InChI=1S/C81H140O16P2/c1-4-7-10-13-16-19-22-25-27-29-31-32-33-34-35-36-37-38-39-40-41-42-44-46-47-50-52-55-58-61-64-67-79(84)91-70-76(82)71-93-98(87,88)94-72-77(83)73-95-99(89,90)96-75-78(97-81(86)69-66-63-60-57-54-49-24-21-18-15-12-9-6-3)74-92-80(85)68-65-62-59-56-53-51-48-45-43-30-28-26-23-20-17-14-11-8-5-2/h7,10,16-17,19-21,24-28,31-32,34-35,37-38,43,45,76-78,82-83H,4-6,8-9,11-15,18,22-23,29-30,33,36,39-42,44,46-75H2,1-3H3,(H,87,88)(H,89,90)/b10-7-,19-16-,20-17-,24-21-,27-25-,28-26-,32-31-,35-34-,38-37-,45-43-. The van der Waals surface area contributed by atoms with Crippen molar-refractivity contribution in [1.82, 2.24) is 0 Å². The van der Waals surface area contributed by atoms with E-state index >= 15 is 0 Å². The summed E-state index contributed by atoms with van der Waals surface area (Å²) in [6.45, 7) is 2.51. The van der Waals surface area contributed by atoms with E-state index in [1.54, 1.807) is 0 Å². The van der Waals surface area contributed by atoms with Gasteiger partial charge in [-0.2, -0.15) is 0 Å². The molecule has 570 valence electrons. The third kappa shape index (κ3) is 74.9. The fraction of sp³-hybridized carbons (Fsp3) is 0.716. The van der Waals surface area contributed by atoms with Crippen LogP contribution in [-0.2, 0) is 55.8 Å². The highest BCUT2D eigenvalue weighted by Gasteiger charge is 2.29. The Morgan fingerprint density at radius 1 is 0.293 bits per heavy atom. The summed E-state index contributed by atoms with van der Waals surface area (Å²) in [5.74, 6) is -1.60. The molecule has 0 saturated heterocycles. The molecule has 16 nitrogen and oxygen atoms in total. The van der Waals surface area contributed by atoms with Gasteiger partial charge in [-0.1, -0.05) is 284 Å². The number of hydrogen-bond acceptors (Lipinski definition) is 14. The summed E-state index contributed by atoms with van der Waals surface area (Å²) in [5.41, 5.74) is 0. The van der Waals surface area contributed by atoms with Crippen molar-refractivity contribution >= 4 is 33.6 Å². The Morgan fingerprint density at radius 3 is 0.879 bits per heavy atom. The molecule has 0 aliphatic rings. The summed E-state index contributed by atoms with van der Waals surface area (Å²) >= 11 is 0. The third-order valence-corrected chi connectivity index (χ3v) is 18.0. The van der Waals surface area contributed by atoms with Gasteiger partial charge in [-0.25, -0.2) is 9.13 Å². The smallest absolute Gasteiger partial charge is 0.463 e. The van der Waals surface area contributed by atoms with Gasteiger partial charge in [0.1, 0.15) is 25.4 Å². The summed E-state index contributed by atoms with van der Waals surface area (Å²) in [5, 5.41) is 20.6. The number of rotatable bonds is 73. The van der Waals surface area contributed by atoms with Gasteiger partial charge in [-0.15, -0.1) is 0 Å². The van der Waals surface area contributed by atoms with Crippen LogP contribution in [0.4, 0.5) is 0 Å². The second kappa shape index (κ2) is 73.7. The number of phosphoric ester groups is 2. The van der Waals surface area contributed by atoms with Crippen LogP contribution in [0.15, 0.2) is 122 Å². The van der Waals surface area contributed by atoms with Crippen LogP contribution in [0.25, 0.3) is 0 Å². The Balaban J connectivity index is 4.46. The molecule has 0 radical (unpaired) electrons. The average molecular weight is 1430 g/mol. The highest BCUT2D eigenvalue weighted by molar-refractivity contribution is 7.47. The van der Waals surface area contributed by atoms with E-state index in [1.165, 1.54) is 96.3 Å². The molecule has 0 saturated carbocycles. The summed E-state index contributed by atoms with van der Waals surface area (Å²) in [4.78, 5) is 58.5. The minimum atomic E-state index is -4.93. The lowest BCUT2D eigenvalue weighted by atomic mass is 10.0. The fourth-order valence-corrected chi connectivity index (χ4v) is 11.8. The summed E-state index contributed by atoms with van der Waals surface area (Å²) in [7, 11) is -9.79. The lowest BCUT2D eigenvalue weighted by Crippen LogP contribution is -2.30. The van der Waals surface area contributed by atoms with Crippen LogP contribution in [0, 0.1) is 0 Å². The van der Waals surface area contributed by atoms with Crippen molar-refractivity contribution < 1.29 is 75.8 Å². The normalized spacial score (nSPS) is 14.7. The molecule has 5 unspecified atom stereocenters. The van der Waals surface area contributed by atoms with Crippen LogP contribution < -0.4 is 0 Å². The molecule has 0 amide bonds. The van der Waals surface area contributed by atoms with Gasteiger partial charge in [-0.05, 0) is 135 Å². The highest BCUT2D eigenvalue weighted by Crippen LogP contribution is 2.45. The minimum absolute atomic E-state index is 0.0909. The number of esters is 3. The second-order valence-corrected chi connectivity index (χ2v) is 28.7. The fourth-order valence-electron chi connectivity index (χ4n) is 10.2. The average Bonchev–Trinajstić information content (AvgIpc) is 1.02. The van der Waals surface area contributed by atoms with Crippen molar-refractivity contribution in [1.29, 1.82) is 0 Å². The van der Waals surface area contributed by atoms with Crippen molar-refractivity contribution in [3.05, 3.63) is 122 Å². The molecular weight excluding hydrogens is 1290 g/mol. The molecule has 0 aromatic heterocycles. The zero-order valence-corrected chi connectivity index (χ0v) is 63.9. The van der Waals surface area contributed by atoms with Crippen molar-refractivity contribution in [2.45, 2.75) is 334 Å². The quantitative estimate of drug-likeness (QED) is 0.0146. The van der Waals surface area contributed by atoms with Crippen LogP contribution >= 0.6 is 15.6 Å². The van der Waals surface area contributed by atoms with Crippen LogP contribution in [0.5, 0.6) is 0 Å². The molecule has 0 aromatic rings. The van der Waals surface area contributed by atoms with E-state index in [0.717, 1.165) is 161 Å². The topological polar surface area (TPSA) is 231 Å². The monoisotopic (exact) mass is 1430 g/mol. The molecule has 0 spiro atoms. The Labute approximate surface area is 602 Å². The highest BCUT2D eigenvalue weighted by atomic mass is 31.2. The van der Waals surface area contributed by atoms with Crippen LogP contribution in [0.2, 0.25) is 0 Å². The lowest BCUT2D eigenvalue weighted by Gasteiger charge is -2.21. The molecule has 0 aliphatic carbocycles. The number of carbonyl (C=O) groups is 3. The van der Waals surface area contributed by atoms with Gasteiger partial charge in [0.15, 0.2) is 6.10 Å². The Bertz CT molecular complexity index is 2290. The molecule has 0 rings (SSSR count). The Hall–Kier alpha value is -4.05. The lowest BCUT2D eigenvalue weighted by molar-refractivity contribution is -0.161. The molecule has 0 bridgehead atoms. The predicted octanol–water partition coefficient (Wildman–Crippen LogP) is 22.5. The summed E-state index contributed by atoms with van der Waals surface area (Å²) < 4.78 is 61.0. The molecule has 18 heteroatoms. The van der Waals surface area contributed by atoms with Crippen molar-refractivity contribution in [2.24, 2.45) is 0 Å².